The standard InChI is InChI=1S/C16H13FN2O4.C16H24N2S/c17-12-3-2-11(8-13(12)18-9-20)19-16(21)10-1-4-14-15(7-10)23-6-5-22-14;1-4-7-17-8-9-18(3)12-14-5-6-15-10-13(2)19-16(15)11-14/h1-4,7-9H,5-6H2,(H,18,20)(H,19,21);5-6,10-11,17H,4,7-9,12H2,1-3H3. The molecule has 4 aromatic rings. The summed E-state index contributed by atoms with van der Waals surface area (Å²) >= 11 is 1.89. The maximum Gasteiger partial charge on any atom is 0.255 e. The van der Waals surface area contributed by atoms with E-state index in [1.807, 2.05) is 11.3 Å². The Kier molecular flexibility index (Phi) is 11.3. The zero-order chi connectivity index (χ0) is 29.9. The minimum atomic E-state index is -0.588. The lowest BCUT2D eigenvalue weighted by atomic mass is 10.1. The molecule has 1 aliphatic heterocycles. The fourth-order valence-electron chi connectivity index (χ4n) is 4.43. The molecule has 0 aliphatic carbocycles. The highest BCUT2D eigenvalue weighted by Gasteiger charge is 2.15. The van der Waals surface area contributed by atoms with Crippen LogP contribution >= 0.6 is 11.3 Å². The van der Waals surface area contributed by atoms with E-state index in [-0.39, 0.29) is 11.6 Å². The van der Waals surface area contributed by atoms with E-state index in [0.717, 1.165) is 32.2 Å². The summed E-state index contributed by atoms with van der Waals surface area (Å²) in [5.74, 6) is 0.124. The number of nitrogens with one attached hydrogen (secondary N) is 3. The first-order valence-corrected chi connectivity index (χ1v) is 14.8. The second-order valence-corrected chi connectivity index (χ2v) is 11.3. The first-order chi connectivity index (χ1) is 20.4. The molecular formula is C32H37FN4O4S. The maximum atomic E-state index is 13.4. The normalized spacial score (nSPS) is 12.0. The van der Waals surface area contributed by atoms with Gasteiger partial charge in [-0.1, -0.05) is 19.1 Å². The molecule has 0 atom stereocenters. The average molecular weight is 593 g/mol. The van der Waals surface area contributed by atoms with Gasteiger partial charge < -0.3 is 30.3 Å². The minimum absolute atomic E-state index is 0.0139. The number of thiophene rings is 1. The Morgan fingerprint density at radius 2 is 1.83 bits per heavy atom. The fraction of sp³-hybridized carbons (Fsp3) is 0.312. The second kappa shape index (κ2) is 15.3. The highest BCUT2D eigenvalue weighted by atomic mass is 32.1. The number of carbonyl (C=O) groups is 2. The van der Waals surface area contributed by atoms with Gasteiger partial charge in [-0.05, 0) is 86.4 Å². The lowest BCUT2D eigenvalue weighted by molar-refractivity contribution is -0.105. The number of carbonyl (C=O) groups excluding carboxylic acids is 2. The molecule has 0 saturated heterocycles. The van der Waals surface area contributed by atoms with Gasteiger partial charge in [0.1, 0.15) is 19.0 Å². The van der Waals surface area contributed by atoms with E-state index in [1.165, 1.54) is 39.1 Å². The van der Waals surface area contributed by atoms with Crippen molar-refractivity contribution in [3.8, 4) is 11.5 Å². The molecule has 8 nitrogen and oxygen atoms in total. The molecule has 10 heteroatoms. The molecule has 0 radical (unpaired) electrons. The number of rotatable bonds is 11. The van der Waals surface area contributed by atoms with Crippen LogP contribution in [-0.2, 0) is 11.3 Å². The molecule has 2 amide bonds. The van der Waals surface area contributed by atoms with E-state index in [0.29, 0.717) is 42.4 Å². The van der Waals surface area contributed by atoms with Crippen LogP contribution in [0.15, 0.2) is 60.7 Å². The number of hydrogen-bond acceptors (Lipinski definition) is 7. The number of hydrogen-bond donors (Lipinski definition) is 3. The van der Waals surface area contributed by atoms with Gasteiger partial charge in [0.05, 0.1) is 5.69 Å². The highest BCUT2D eigenvalue weighted by molar-refractivity contribution is 7.19. The van der Waals surface area contributed by atoms with Crippen molar-refractivity contribution in [1.29, 1.82) is 0 Å². The van der Waals surface area contributed by atoms with Crippen LogP contribution in [0.4, 0.5) is 15.8 Å². The molecule has 2 heterocycles. The summed E-state index contributed by atoms with van der Waals surface area (Å²) in [4.78, 5) is 26.5. The van der Waals surface area contributed by atoms with Crippen LogP contribution in [0, 0.1) is 12.7 Å². The average Bonchev–Trinajstić information content (AvgIpc) is 3.36. The monoisotopic (exact) mass is 592 g/mol. The van der Waals surface area contributed by atoms with Crippen LogP contribution in [0.5, 0.6) is 11.5 Å². The minimum Gasteiger partial charge on any atom is -0.486 e. The Bertz CT molecular complexity index is 1510. The lowest BCUT2D eigenvalue weighted by Gasteiger charge is -2.18. The molecule has 3 N–H and O–H groups in total. The van der Waals surface area contributed by atoms with Crippen molar-refractivity contribution >= 4 is 45.1 Å². The molecule has 0 bridgehead atoms. The van der Waals surface area contributed by atoms with Crippen LogP contribution < -0.4 is 25.4 Å². The van der Waals surface area contributed by atoms with Crippen LogP contribution in [-0.4, -0.2) is 57.1 Å². The molecule has 3 aromatic carbocycles. The van der Waals surface area contributed by atoms with E-state index in [9.17, 15) is 14.0 Å². The number of benzene rings is 3. The van der Waals surface area contributed by atoms with E-state index in [1.54, 1.807) is 18.2 Å². The molecule has 0 spiro atoms. The number of nitrogens with zero attached hydrogens (tertiary/aromatic N) is 1. The molecule has 1 aliphatic rings. The van der Waals surface area contributed by atoms with Crippen LogP contribution in [0.2, 0.25) is 0 Å². The summed E-state index contributed by atoms with van der Waals surface area (Å²) in [6, 6.07) is 17.8. The number of likely N-dealkylation sites (N-methyl/N-ethyl adjacent to an activating group) is 1. The Morgan fingerprint density at radius 3 is 2.62 bits per heavy atom. The number of aryl methyl sites for hydroxylation is 1. The summed E-state index contributed by atoms with van der Waals surface area (Å²) < 4.78 is 25.7. The molecule has 1 aromatic heterocycles. The predicted octanol–water partition coefficient (Wildman–Crippen LogP) is 6.06. The fourth-order valence-corrected chi connectivity index (χ4v) is 5.42. The Balaban J connectivity index is 0.000000197. The zero-order valence-electron chi connectivity index (χ0n) is 24.2. The largest absolute Gasteiger partial charge is 0.486 e. The predicted molar refractivity (Wildman–Crippen MR) is 168 cm³/mol. The number of fused-ring (bicyclic) bond motifs is 2. The van der Waals surface area contributed by atoms with Crippen LogP contribution in [0.25, 0.3) is 10.1 Å². The van der Waals surface area contributed by atoms with E-state index in [4.69, 9.17) is 9.47 Å². The van der Waals surface area contributed by atoms with Gasteiger partial charge in [-0.25, -0.2) is 4.39 Å². The summed E-state index contributed by atoms with van der Waals surface area (Å²) in [6.45, 7) is 9.60. The summed E-state index contributed by atoms with van der Waals surface area (Å²) in [5.41, 5.74) is 2.13. The molecule has 5 rings (SSSR count). The van der Waals surface area contributed by atoms with Gasteiger partial charge in [0, 0.05) is 40.5 Å². The van der Waals surface area contributed by atoms with Crippen molar-refractivity contribution in [3.05, 3.63) is 82.5 Å². The van der Waals surface area contributed by atoms with Gasteiger partial charge in [0.2, 0.25) is 6.41 Å². The molecular weight excluding hydrogens is 555 g/mol. The van der Waals surface area contributed by atoms with Crippen molar-refractivity contribution in [2.75, 3.05) is 50.5 Å². The number of ether oxygens (including phenoxy) is 2. The summed E-state index contributed by atoms with van der Waals surface area (Å²) in [5, 5.41) is 9.68. The van der Waals surface area contributed by atoms with Crippen LogP contribution in [0.3, 0.4) is 0 Å². The molecule has 0 fully saturated rings. The smallest absolute Gasteiger partial charge is 0.255 e. The van der Waals surface area contributed by atoms with Crippen molar-refractivity contribution < 1.29 is 23.5 Å². The second-order valence-electron chi connectivity index (χ2n) is 9.99. The first kappa shape index (κ1) is 31.0. The Labute approximate surface area is 249 Å². The maximum absolute atomic E-state index is 13.4. The number of halogens is 1. The topological polar surface area (TPSA) is 91.9 Å². The quantitative estimate of drug-likeness (QED) is 0.145. The molecule has 0 unspecified atom stereocenters. The van der Waals surface area contributed by atoms with Gasteiger partial charge in [-0.2, -0.15) is 0 Å². The third-order valence-corrected chi connectivity index (χ3v) is 7.51. The van der Waals surface area contributed by atoms with E-state index < -0.39 is 5.82 Å². The Morgan fingerprint density at radius 1 is 1.02 bits per heavy atom. The Hall–Kier alpha value is -3.99. The summed E-state index contributed by atoms with van der Waals surface area (Å²) in [6.07, 6.45) is 1.57. The van der Waals surface area contributed by atoms with Crippen molar-refractivity contribution in [1.82, 2.24) is 10.2 Å². The molecule has 42 heavy (non-hydrogen) atoms. The third-order valence-electron chi connectivity index (χ3n) is 6.50. The van der Waals surface area contributed by atoms with Gasteiger partial charge in [-0.15, -0.1) is 11.3 Å². The van der Waals surface area contributed by atoms with Crippen molar-refractivity contribution in [3.63, 3.8) is 0 Å². The van der Waals surface area contributed by atoms with E-state index >= 15 is 0 Å². The first-order valence-electron chi connectivity index (χ1n) is 14.0. The zero-order valence-corrected chi connectivity index (χ0v) is 25.0. The highest BCUT2D eigenvalue weighted by Crippen LogP contribution is 2.31. The summed E-state index contributed by atoms with van der Waals surface area (Å²) in [7, 11) is 2.19. The number of anilines is 2. The van der Waals surface area contributed by atoms with Gasteiger partial charge in [0.15, 0.2) is 11.5 Å². The number of amides is 2. The van der Waals surface area contributed by atoms with Crippen molar-refractivity contribution in [2.45, 2.75) is 26.8 Å². The van der Waals surface area contributed by atoms with Gasteiger partial charge in [-0.3, -0.25) is 9.59 Å². The molecule has 0 saturated carbocycles. The van der Waals surface area contributed by atoms with Crippen molar-refractivity contribution in [2.24, 2.45) is 0 Å². The van der Waals surface area contributed by atoms with Crippen LogP contribution in [0.1, 0.15) is 34.1 Å². The van der Waals surface area contributed by atoms with E-state index in [2.05, 4.69) is 66.0 Å². The molecule has 222 valence electrons. The lowest BCUT2D eigenvalue weighted by Crippen LogP contribution is -2.29. The van der Waals surface area contributed by atoms with Gasteiger partial charge >= 0.3 is 0 Å². The third kappa shape index (κ3) is 8.75. The van der Waals surface area contributed by atoms with Gasteiger partial charge in [0.25, 0.3) is 5.91 Å². The SMILES string of the molecule is CCCNCCN(C)Cc1ccc2cc(C)sc2c1.O=CNc1cc(NC(=O)c2ccc3c(c2)OCCO3)ccc1F.